The van der Waals surface area contributed by atoms with Crippen molar-refractivity contribution in [1.29, 1.82) is 0 Å². The molecule has 0 radical (unpaired) electrons. The second kappa shape index (κ2) is 6.95. The summed E-state index contributed by atoms with van der Waals surface area (Å²) < 4.78 is 5.92. The standard InChI is InChI=1S/C13H17BrClN3O2/c1-13(2,3)20-12(19)17-8-4-5-9(14)10(6-8)18-11(16)7-15/h4-6H,7H2,1-3H3,(H2,16,18)(H,17,19). The van der Waals surface area contributed by atoms with Crippen LogP contribution in [0.2, 0.25) is 0 Å². The van der Waals surface area contributed by atoms with Crippen LogP contribution in [0.4, 0.5) is 16.2 Å². The number of halogens is 2. The van der Waals surface area contributed by atoms with E-state index in [4.69, 9.17) is 22.1 Å². The number of anilines is 1. The van der Waals surface area contributed by atoms with Gasteiger partial charge in [0.1, 0.15) is 11.4 Å². The maximum Gasteiger partial charge on any atom is 0.412 e. The molecule has 0 fully saturated rings. The van der Waals surface area contributed by atoms with E-state index in [2.05, 4.69) is 26.2 Å². The fourth-order valence-corrected chi connectivity index (χ4v) is 1.68. The average Bonchev–Trinajstić information content (AvgIpc) is 2.30. The van der Waals surface area contributed by atoms with Gasteiger partial charge in [0, 0.05) is 10.2 Å². The highest BCUT2D eigenvalue weighted by molar-refractivity contribution is 9.10. The average molecular weight is 363 g/mol. The van der Waals surface area contributed by atoms with E-state index in [0.717, 1.165) is 4.47 Å². The molecule has 0 heterocycles. The molecular weight excluding hydrogens is 346 g/mol. The summed E-state index contributed by atoms with van der Waals surface area (Å²) in [5.41, 5.74) is 6.18. The van der Waals surface area contributed by atoms with Gasteiger partial charge in [0.05, 0.1) is 11.6 Å². The lowest BCUT2D eigenvalue weighted by Crippen LogP contribution is -2.27. The van der Waals surface area contributed by atoms with Crippen molar-refractivity contribution >= 4 is 50.8 Å². The van der Waals surface area contributed by atoms with Gasteiger partial charge in [0.2, 0.25) is 0 Å². The van der Waals surface area contributed by atoms with E-state index in [0.29, 0.717) is 17.2 Å². The summed E-state index contributed by atoms with van der Waals surface area (Å²) in [4.78, 5) is 15.8. The van der Waals surface area contributed by atoms with E-state index in [1.807, 2.05) is 0 Å². The minimum absolute atomic E-state index is 0.135. The zero-order valence-electron chi connectivity index (χ0n) is 11.5. The largest absolute Gasteiger partial charge is 0.444 e. The number of ether oxygens (including phenoxy) is 1. The van der Waals surface area contributed by atoms with Crippen LogP contribution >= 0.6 is 27.5 Å². The normalized spacial score (nSPS) is 12.2. The van der Waals surface area contributed by atoms with Crippen molar-refractivity contribution in [1.82, 2.24) is 0 Å². The van der Waals surface area contributed by atoms with Crippen molar-refractivity contribution in [2.75, 3.05) is 11.2 Å². The van der Waals surface area contributed by atoms with E-state index in [1.165, 1.54) is 0 Å². The number of carbonyl (C=O) groups excluding carboxylic acids is 1. The van der Waals surface area contributed by atoms with Gasteiger partial charge in [-0.2, -0.15) is 0 Å². The molecule has 110 valence electrons. The topological polar surface area (TPSA) is 76.7 Å². The van der Waals surface area contributed by atoms with Crippen LogP contribution in [0.25, 0.3) is 0 Å². The Morgan fingerprint density at radius 3 is 2.70 bits per heavy atom. The molecule has 0 aliphatic rings. The molecule has 0 spiro atoms. The predicted molar refractivity (Wildman–Crippen MR) is 86.0 cm³/mol. The molecule has 3 N–H and O–H groups in total. The number of nitrogens with one attached hydrogen (secondary N) is 1. The fraction of sp³-hybridized carbons (Fsp3) is 0.385. The summed E-state index contributed by atoms with van der Waals surface area (Å²) in [5.74, 6) is 0.428. The van der Waals surface area contributed by atoms with Crippen LogP contribution in [0.15, 0.2) is 27.7 Å². The minimum atomic E-state index is -0.552. The van der Waals surface area contributed by atoms with Crippen LogP contribution < -0.4 is 11.1 Å². The highest BCUT2D eigenvalue weighted by atomic mass is 79.9. The summed E-state index contributed by atoms with van der Waals surface area (Å²) in [6.45, 7) is 5.39. The summed E-state index contributed by atoms with van der Waals surface area (Å²) in [6, 6.07) is 5.16. The van der Waals surface area contributed by atoms with E-state index in [1.54, 1.807) is 39.0 Å². The number of hydrogen-bond acceptors (Lipinski definition) is 3. The van der Waals surface area contributed by atoms with Crippen molar-refractivity contribution in [3.8, 4) is 0 Å². The Morgan fingerprint density at radius 2 is 2.15 bits per heavy atom. The van der Waals surface area contributed by atoms with Crippen LogP contribution in [0.1, 0.15) is 20.8 Å². The van der Waals surface area contributed by atoms with Gasteiger partial charge in [0.15, 0.2) is 0 Å². The summed E-state index contributed by atoms with van der Waals surface area (Å²) in [7, 11) is 0. The number of amides is 1. The van der Waals surface area contributed by atoms with E-state index < -0.39 is 11.7 Å². The number of aliphatic imine (C=N–C) groups is 1. The highest BCUT2D eigenvalue weighted by Gasteiger charge is 2.16. The van der Waals surface area contributed by atoms with Crippen LogP contribution in [0.5, 0.6) is 0 Å². The zero-order chi connectivity index (χ0) is 15.3. The highest BCUT2D eigenvalue weighted by Crippen LogP contribution is 2.29. The molecule has 1 amide bonds. The van der Waals surface area contributed by atoms with Gasteiger partial charge in [-0.3, -0.25) is 5.32 Å². The first kappa shape index (κ1) is 16.8. The number of alkyl halides is 1. The van der Waals surface area contributed by atoms with Gasteiger partial charge in [0.25, 0.3) is 0 Å². The van der Waals surface area contributed by atoms with Crippen LogP contribution in [-0.2, 0) is 4.74 Å². The molecule has 7 heteroatoms. The molecular formula is C13H17BrClN3O2. The van der Waals surface area contributed by atoms with Gasteiger partial charge < -0.3 is 10.5 Å². The number of hydrogen-bond donors (Lipinski definition) is 2. The van der Waals surface area contributed by atoms with Crippen molar-refractivity contribution in [3.05, 3.63) is 22.7 Å². The first-order chi connectivity index (χ1) is 9.21. The number of nitrogens with two attached hydrogens (primary N) is 1. The minimum Gasteiger partial charge on any atom is -0.444 e. The summed E-state index contributed by atoms with van der Waals surface area (Å²) in [6.07, 6.45) is -0.528. The molecule has 0 saturated heterocycles. The van der Waals surface area contributed by atoms with E-state index >= 15 is 0 Å². The molecule has 0 aliphatic carbocycles. The number of rotatable bonds is 3. The number of amidine groups is 1. The lowest BCUT2D eigenvalue weighted by molar-refractivity contribution is 0.0636. The van der Waals surface area contributed by atoms with Crippen molar-refractivity contribution in [3.63, 3.8) is 0 Å². The van der Waals surface area contributed by atoms with Crippen molar-refractivity contribution in [2.24, 2.45) is 10.7 Å². The molecule has 0 aliphatic heterocycles. The van der Waals surface area contributed by atoms with Gasteiger partial charge in [-0.25, -0.2) is 9.79 Å². The Labute approximate surface area is 131 Å². The van der Waals surface area contributed by atoms with Gasteiger partial charge in [-0.1, -0.05) is 0 Å². The van der Waals surface area contributed by atoms with Gasteiger partial charge in [-0.05, 0) is 54.9 Å². The molecule has 1 rings (SSSR count). The van der Waals surface area contributed by atoms with Crippen molar-refractivity contribution in [2.45, 2.75) is 26.4 Å². The summed E-state index contributed by atoms with van der Waals surface area (Å²) >= 11 is 8.94. The second-order valence-corrected chi connectivity index (χ2v) is 6.15. The third-order valence-electron chi connectivity index (χ3n) is 1.99. The molecule has 0 atom stereocenters. The maximum absolute atomic E-state index is 11.7. The molecule has 0 bridgehead atoms. The first-order valence-electron chi connectivity index (χ1n) is 5.90. The monoisotopic (exact) mass is 361 g/mol. The molecule has 0 unspecified atom stereocenters. The maximum atomic E-state index is 11.7. The zero-order valence-corrected chi connectivity index (χ0v) is 13.9. The third kappa shape index (κ3) is 5.79. The number of benzene rings is 1. The lowest BCUT2D eigenvalue weighted by atomic mass is 10.2. The SMILES string of the molecule is CC(C)(C)OC(=O)Nc1ccc(Br)c(N=C(N)CCl)c1. The Kier molecular flexibility index (Phi) is 5.83. The lowest BCUT2D eigenvalue weighted by Gasteiger charge is -2.19. The van der Waals surface area contributed by atoms with Crippen molar-refractivity contribution < 1.29 is 9.53 Å². The number of nitrogens with zero attached hydrogens (tertiary/aromatic N) is 1. The van der Waals surface area contributed by atoms with Crippen LogP contribution in [-0.4, -0.2) is 23.4 Å². The second-order valence-electron chi connectivity index (χ2n) is 5.03. The Hall–Kier alpha value is -1.27. The Bertz CT molecular complexity index is 527. The predicted octanol–water partition coefficient (Wildman–Crippen LogP) is 4.02. The third-order valence-corrected chi connectivity index (χ3v) is 2.94. The molecule has 1 aromatic rings. The molecule has 1 aromatic carbocycles. The van der Waals surface area contributed by atoms with E-state index in [9.17, 15) is 4.79 Å². The number of carbonyl (C=O) groups is 1. The molecule has 0 saturated carbocycles. The van der Waals surface area contributed by atoms with Crippen LogP contribution in [0.3, 0.4) is 0 Å². The smallest absolute Gasteiger partial charge is 0.412 e. The van der Waals surface area contributed by atoms with Crippen LogP contribution in [0, 0.1) is 0 Å². The summed E-state index contributed by atoms with van der Waals surface area (Å²) in [5, 5.41) is 2.63. The van der Waals surface area contributed by atoms with Gasteiger partial charge >= 0.3 is 6.09 Å². The Balaban J connectivity index is 2.88. The molecule has 0 aromatic heterocycles. The van der Waals surface area contributed by atoms with Gasteiger partial charge in [-0.15, -0.1) is 11.6 Å². The fourth-order valence-electron chi connectivity index (χ4n) is 1.28. The quantitative estimate of drug-likeness (QED) is 0.484. The molecule has 20 heavy (non-hydrogen) atoms. The Morgan fingerprint density at radius 1 is 1.50 bits per heavy atom. The van der Waals surface area contributed by atoms with E-state index in [-0.39, 0.29) is 5.88 Å². The molecule has 5 nitrogen and oxygen atoms in total. The first-order valence-corrected chi connectivity index (χ1v) is 7.22.